The van der Waals surface area contributed by atoms with Crippen LogP contribution in [0.1, 0.15) is 24.0 Å². The van der Waals surface area contributed by atoms with Crippen LogP contribution in [0.15, 0.2) is 29.3 Å². The number of methoxy groups -OCH3 is 1. The van der Waals surface area contributed by atoms with Crippen molar-refractivity contribution in [3.63, 3.8) is 0 Å². The van der Waals surface area contributed by atoms with Gasteiger partial charge in [0.1, 0.15) is 0 Å². The highest BCUT2D eigenvalue weighted by atomic mass is 16.5. The molecule has 1 aromatic rings. The van der Waals surface area contributed by atoms with Crippen LogP contribution < -0.4 is 10.6 Å². The van der Waals surface area contributed by atoms with Crippen molar-refractivity contribution >= 4 is 5.96 Å². The van der Waals surface area contributed by atoms with E-state index in [0.29, 0.717) is 13.2 Å². The van der Waals surface area contributed by atoms with Crippen LogP contribution in [0.3, 0.4) is 0 Å². The highest BCUT2D eigenvalue weighted by Crippen LogP contribution is 2.10. The monoisotopic (exact) mass is 405 g/mol. The maximum Gasteiger partial charge on any atom is 0.191 e. The average Bonchev–Trinajstić information content (AvgIpc) is 2.94. The maximum absolute atomic E-state index is 5.47. The summed E-state index contributed by atoms with van der Waals surface area (Å²) in [4.78, 5) is 9.26. The first-order valence-corrected chi connectivity index (χ1v) is 10.7. The highest BCUT2D eigenvalue weighted by Gasteiger charge is 2.12. The van der Waals surface area contributed by atoms with Crippen LogP contribution in [0.4, 0.5) is 0 Å². The Labute approximate surface area is 176 Å². The molecule has 1 fully saturated rings. The van der Waals surface area contributed by atoms with E-state index in [9.17, 15) is 0 Å². The van der Waals surface area contributed by atoms with Crippen LogP contribution in [0, 0.1) is 0 Å². The van der Waals surface area contributed by atoms with Crippen LogP contribution in [-0.4, -0.2) is 89.5 Å². The molecule has 0 atom stereocenters. The third kappa shape index (κ3) is 10.1. The third-order valence-electron chi connectivity index (χ3n) is 5.11. The van der Waals surface area contributed by atoms with Crippen molar-refractivity contribution < 1.29 is 9.47 Å². The maximum atomic E-state index is 5.47. The SMILES string of the molecule is CN=C(NCCCOCCOC)NCc1ccc(CN2CCCN(C)CC2)cc1. The van der Waals surface area contributed by atoms with Crippen molar-refractivity contribution in [2.45, 2.75) is 25.9 Å². The lowest BCUT2D eigenvalue weighted by Crippen LogP contribution is -2.37. The van der Waals surface area contributed by atoms with Crippen molar-refractivity contribution in [1.29, 1.82) is 0 Å². The fourth-order valence-corrected chi connectivity index (χ4v) is 3.31. The number of aliphatic imine (C=N–C) groups is 1. The number of nitrogens with one attached hydrogen (secondary N) is 2. The van der Waals surface area contributed by atoms with Gasteiger partial charge in [-0.15, -0.1) is 0 Å². The summed E-state index contributed by atoms with van der Waals surface area (Å²) in [6.07, 6.45) is 2.19. The minimum atomic E-state index is 0.644. The van der Waals surface area contributed by atoms with Crippen molar-refractivity contribution in [3.8, 4) is 0 Å². The number of likely N-dealkylation sites (N-methyl/N-ethyl adjacent to an activating group) is 1. The zero-order valence-corrected chi connectivity index (χ0v) is 18.5. The van der Waals surface area contributed by atoms with Crippen molar-refractivity contribution in [3.05, 3.63) is 35.4 Å². The molecular weight excluding hydrogens is 366 g/mol. The number of hydrogen-bond acceptors (Lipinski definition) is 5. The second kappa shape index (κ2) is 14.3. The Hall–Kier alpha value is -1.67. The van der Waals surface area contributed by atoms with Crippen LogP contribution in [0.25, 0.3) is 0 Å². The van der Waals surface area contributed by atoms with Gasteiger partial charge in [0.05, 0.1) is 13.2 Å². The molecule has 7 nitrogen and oxygen atoms in total. The Morgan fingerprint density at radius 3 is 2.55 bits per heavy atom. The molecule has 1 aromatic carbocycles. The Morgan fingerprint density at radius 1 is 1.00 bits per heavy atom. The number of nitrogens with zero attached hydrogens (tertiary/aromatic N) is 3. The normalized spacial score (nSPS) is 16.6. The summed E-state index contributed by atoms with van der Waals surface area (Å²) in [7, 11) is 5.69. The van der Waals surface area contributed by atoms with E-state index in [1.54, 1.807) is 14.2 Å². The Bertz CT molecular complexity index is 579. The number of ether oxygens (including phenoxy) is 2. The van der Waals surface area contributed by atoms with Crippen LogP contribution >= 0.6 is 0 Å². The molecule has 0 unspecified atom stereocenters. The first-order valence-electron chi connectivity index (χ1n) is 10.7. The molecule has 164 valence electrons. The molecule has 2 N–H and O–H groups in total. The van der Waals surface area contributed by atoms with Crippen LogP contribution in [-0.2, 0) is 22.6 Å². The van der Waals surface area contributed by atoms with E-state index in [-0.39, 0.29) is 0 Å². The predicted octanol–water partition coefficient (Wildman–Crippen LogP) is 1.54. The number of rotatable bonds is 11. The van der Waals surface area contributed by atoms with Crippen LogP contribution in [0.2, 0.25) is 0 Å². The zero-order valence-electron chi connectivity index (χ0n) is 18.5. The molecule has 0 aromatic heterocycles. The smallest absolute Gasteiger partial charge is 0.191 e. The lowest BCUT2D eigenvalue weighted by atomic mass is 10.1. The Kier molecular flexibility index (Phi) is 11.7. The highest BCUT2D eigenvalue weighted by molar-refractivity contribution is 5.79. The van der Waals surface area contributed by atoms with Gasteiger partial charge in [0, 0.05) is 53.5 Å². The van der Waals surface area contributed by atoms with Gasteiger partial charge in [0.25, 0.3) is 0 Å². The van der Waals surface area contributed by atoms with E-state index in [2.05, 4.69) is 56.7 Å². The van der Waals surface area contributed by atoms with Gasteiger partial charge in [-0.1, -0.05) is 24.3 Å². The summed E-state index contributed by atoms with van der Waals surface area (Å²) in [6.45, 7) is 9.35. The Morgan fingerprint density at radius 2 is 1.79 bits per heavy atom. The van der Waals surface area contributed by atoms with Crippen molar-refractivity contribution in [2.24, 2.45) is 4.99 Å². The molecule has 0 amide bonds. The van der Waals surface area contributed by atoms with Crippen molar-refractivity contribution in [2.75, 3.05) is 73.7 Å². The fraction of sp³-hybridized carbons (Fsp3) is 0.682. The summed E-state index contributed by atoms with van der Waals surface area (Å²) in [5.41, 5.74) is 2.64. The van der Waals surface area contributed by atoms with E-state index in [4.69, 9.17) is 9.47 Å². The van der Waals surface area contributed by atoms with Crippen LogP contribution in [0.5, 0.6) is 0 Å². The largest absolute Gasteiger partial charge is 0.382 e. The molecule has 1 aliphatic rings. The minimum absolute atomic E-state index is 0.644. The second-order valence-corrected chi connectivity index (χ2v) is 7.56. The van der Waals surface area contributed by atoms with Crippen molar-refractivity contribution in [1.82, 2.24) is 20.4 Å². The van der Waals surface area contributed by atoms with Gasteiger partial charge in [-0.05, 0) is 44.1 Å². The van der Waals surface area contributed by atoms with E-state index in [0.717, 1.165) is 51.7 Å². The molecule has 2 rings (SSSR count). The molecule has 1 saturated heterocycles. The molecule has 1 heterocycles. The standard InChI is InChI=1S/C22H39N5O2/c1-23-22(24-10-4-15-29-17-16-28-3)25-18-20-6-8-21(9-7-20)19-27-12-5-11-26(2)13-14-27/h6-9H,4-5,10-19H2,1-3H3,(H2,23,24,25). The van der Waals surface area contributed by atoms with E-state index < -0.39 is 0 Å². The summed E-state index contributed by atoms with van der Waals surface area (Å²) < 4.78 is 10.4. The molecule has 0 spiro atoms. The van der Waals surface area contributed by atoms with Gasteiger partial charge in [0.2, 0.25) is 0 Å². The number of guanidine groups is 1. The third-order valence-corrected chi connectivity index (χ3v) is 5.11. The molecule has 0 saturated carbocycles. The lowest BCUT2D eigenvalue weighted by Gasteiger charge is -2.20. The van der Waals surface area contributed by atoms with E-state index >= 15 is 0 Å². The molecule has 0 aliphatic carbocycles. The quantitative estimate of drug-likeness (QED) is 0.331. The van der Waals surface area contributed by atoms with Gasteiger partial charge in [0.15, 0.2) is 5.96 Å². The lowest BCUT2D eigenvalue weighted by molar-refractivity contribution is 0.0698. The minimum Gasteiger partial charge on any atom is -0.382 e. The summed E-state index contributed by atoms with van der Waals surface area (Å²) in [5, 5.41) is 6.70. The predicted molar refractivity (Wildman–Crippen MR) is 119 cm³/mol. The number of hydrogen-bond donors (Lipinski definition) is 2. The zero-order chi connectivity index (χ0) is 20.7. The summed E-state index contributed by atoms with van der Waals surface area (Å²) in [6, 6.07) is 8.92. The molecule has 29 heavy (non-hydrogen) atoms. The molecular formula is C22H39N5O2. The van der Waals surface area contributed by atoms with Gasteiger partial charge >= 0.3 is 0 Å². The first-order chi connectivity index (χ1) is 14.2. The van der Waals surface area contributed by atoms with Gasteiger partial charge < -0.3 is 25.0 Å². The van der Waals surface area contributed by atoms with Gasteiger partial charge in [-0.3, -0.25) is 9.89 Å². The molecule has 7 heteroatoms. The topological polar surface area (TPSA) is 61.4 Å². The fourth-order valence-electron chi connectivity index (χ4n) is 3.31. The Balaban J connectivity index is 1.65. The first kappa shape index (κ1) is 23.6. The summed E-state index contributed by atoms with van der Waals surface area (Å²) >= 11 is 0. The average molecular weight is 406 g/mol. The second-order valence-electron chi connectivity index (χ2n) is 7.56. The number of benzene rings is 1. The summed E-state index contributed by atoms with van der Waals surface area (Å²) in [5.74, 6) is 0.819. The van der Waals surface area contributed by atoms with E-state index in [1.165, 1.54) is 30.6 Å². The molecule has 0 bridgehead atoms. The van der Waals surface area contributed by atoms with Gasteiger partial charge in [-0.25, -0.2) is 0 Å². The molecule has 0 radical (unpaired) electrons. The van der Waals surface area contributed by atoms with Gasteiger partial charge in [-0.2, -0.15) is 0 Å². The molecule has 1 aliphatic heterocycles. The van der Waals surface area contributed by atoms with E-state index in [1.807, 2.05) is 0 Å².